The van der Waals surface area contributed by atoms with Gasteiger partial charge in [-0.25, -0.2) is 4.98 Å². The van der Waals surface area contributed by atoms with E-state index in [0.717, 1.165) is 5.69 Å². The highest BCUT2D eigenvalue weighted by Crippen LogP contribution is 2.17. The molecule has 0 fully saturated rings. The Morgan fingerprint density at radius 1 is 1.20 bits per heavy atom. The fourth-order valence-electron chi connectivity index (χ4n) is 2.12. The van der Waals surface area contributed by atoms with Crippen LogP contribution in [0.4, 0.5) is 5.69 Å². The van der Waals surface area contributed by atoms with Gasteiger partial charge >= 0.3 is 0 Å². The number of anilines is 1. The highest BCUT2D eigenvalue weighted by molar-refractivity contribution is 6.30. The smallest absolute Gasteiger partial charge is 0.274 e. The zero-order chi connectivity index (χ0) is 14.1. The summed E-state index contributed by atoms with van der Waals surface area (Å²) in [5.74, 6) is -0.205. The maximum atomic E-state index is 12.4. The van der Waals surface area contributed by atoms with Crippen LogP contribution < -0.4 is 5.32 Å². The summed E-state index contributed by atoms with van der Waals surface area (Å²) < 4.78 is 1.70. The summed E-state index contributed by atoms with van der Waals surface area (Å²) in [6, 6.07) is 12.8. The van der Waals surface area contributed by atoms with Gasteiger partial charge in [0.25, 0.3) is 5.91 Å². The number of fused-ring (bicyclic) bond motifs is 1. The van der Waals surface area contributed by atoms with Gasteiger partial charge in [-0.3, -0.25) is 9.20 Å². The molecule has 4 nitrogen and oxygen atoms in total. The van der Waals surface area contributed by atoms with E-state index in [2.05, 4.69) is 10.3 Å². The van der Waals surface area contributed by atoms with Gasteiger partial charge < -0.3 is 5.32 Å². The summed E-state index contributed by atoms with van der Waals surface area (Å²) in [5, 5.41) is 3.41. The van der Waals surface area contributed by atoms with Gasteiger partial charge in [-0.2, -0.15) is 0 Å². The number of para-hydroxylation sites is 1. The van der Waals surface area contributed by atoms with Crippen molar-refractivity contribution in [1.29, 1.82) is 0 Å². The third-order valence-corrected chi connectivity index (χ3v) is 3.23. The topological polar surface area (TPSA) is 46.4 Å². The third kappa shape index (κ3) is 2.26. The molecule has 5 heteroatoms. The van der Waals surface area contributed by atoms with Gasteiger partial charge in [0.15, 0.2) is 0 Å². The van der Waals surface area contributed by atoms with Crippen LogP contribution in [0.15, 0.2) is 48.7 Å². The van der Waals surface area contributed by atoms with Gasteiger partial charge in [0.2, 0.25) is 0 Å². The first-order valence-corrected chi connectivity index (χ1v) is 6.53. The Balaban J connectivity index is 2.03. The number of halogens is 1. The molecule has 0 radical (unpaired) electrons. The van der Waals surface area contributed by atoms with Crippen molar-refractivity contribution in [3.8, 4) is 0 Å². The van der Waals surface area contributed by atoms with Crippen molar-refractivity contribution < 1.29 is 4.79 Å². The van der Waals surface area contributed by atoms with E-state index < -0.39 is 0 Å². The number of carbonyl (C=O) groups excluding carboxylic acids is 1. The van der Waals surface area contributed by atoms with E-state index in [1.165, 1.54) is 0 Å². The number of nitrogens with zero attached hydrogens (tertiary/aromatic N) is 2. The summed E-state index contributed by atoms with van der Waals surface area (Å²) in [7, 11) is 0. The summed E-state index contributed by atoms with van der Waals surface area (Å²) in [6.45, 7) is 1.81. The minimum absolute atomic E-state index is 0.205. The summed E-state index contributed by atoms with van der Waals surface area (Å²) in [4.78, 5) is 16.8. The Labute approximate surface area is 121 Å². The zero-order valence-electron chi connectivity index (χ0n) is 10.8. The number of amides is 1. The molecule has 1 aromatic carbocycles. The first-order chi connectivity index (χ1) is 9.65. The second kappa shape index (κ2) is 4.98. The number of rotatable bonds is 2. The molecule has 0 spiro atoms. The van der Waals surface area contributed by atoms with Crippen LogP contribution in [0.25, 0.3) is 5.65 Å². The molecule has 0 atom stereocenters. The van der Waals surface area contributed by atoms with Crippen molar-refractivity contribution in [2.24, 2.45) is 0 Å². The molecule has 0 saturated heterocycles. The van der Waals surface area contributed by atoms with Crippen molar-refractivity contribution in [3.05, 3.63) is 65.1 Å². The number of imidazole rings is 1. The molecule has 2 heterocycles. The lowest BCUT2D eigenvalue weighted by atomic mass is 10.3. The predicted molar refractivity (Wildman–Crippen MR) is 79.3 cm³/mol. The van der Waals surface area contributed by atoms with Crippen molar-refractivity contribution in [2.45, 2.75) is 6.92 Å². The molecule has 2 aromatic heterocycles. The molecule has 0 aliphatic heterocycles. The molecule has 0 aliphatic carbocycles. The number of hydrogen-bond acceptors (Lipinski definition) is 2. The molecule has 0 saturated carbocycles. The standard InChI is InChI=1S/C15H12ClN3O/c1-10-14(15(20)18-12-5-3-2-4-6-12)19-9-11(16)7-8-13(19)17-10/h2-9H,1H3,(H,18,20). The van der Waals surface area contributed by atoms with Gasteiger partial charge in [-0.05, 0) is 31.2 Å². The zero-order valence-corrected chi connectivity index (χ0v) is 11.6. The van der Waals surface area contributed by atoms with Gasteiger partial charge in [0.1, 0.15) is 11.3 Å². The van der Waals surface area contributed by atoms with Crippen LogP contribution in [-0.2, 0) is 0 Å². The average molecular weight is 286 g/mol. The molecule has 0 bridgehead atoms. The maximum absolute atomic E-state index is 12.4. The van der Waals surface area contributed by atoms with E-state index in [4.69, 9.17) is 11.6 Å². The van der Waals surface area contributed by atoms with Gasteiger partial charge in [-0.1, -0.05) is 29.8 Å². The number of aryl methyl sites for hydroxylation is 1. The second-order valence-corrected chi connectivity index (χ2v) is 4.88. The van der Waals surface area contributed by atoms with Crippen LogP contribution >= 0.6 is 11.6 Å². The summed E-state index contributed by atoms with van der Waals surface area (Å²) >= 11 is 5.98. The van der Waals surface area contributed by atoms with Crippen molar-refractivity contribution in [1.82, 2.24) is 9.38 Å². The Kier molecular flexibility index (Phi) is 3.16. The molecule has 3 rings (SSSR count). The lowest BCUT2D eigenvalue weighted by Crippen LogP contribution is -2.15. The van der Waals surface area contributed by atoms with Crippen LogP contribution in [0.1, 0.15) is 16.2 Å². The molecule has 0 aliphatic rings. The average Bonchev–Trinajstić information content (AvgIpc) is 2.75. The first kappa shape index (κ1) is 12.7. The van der Waals surface area contributed by atoms with Gasteiger partial charge in [0, 0.05) is 11.9 Å². The largest absolute Gasteiger partial charge is 0.321 e. The molecule has 0 unspecified atom stereocenters. The molecule has 20 heavy (non-hydrogen) atoms. The number of nitrogens with one attached hydrogen (secondary N) is 1. The van der Waals surface area contributed by atoms with Crippen molar-refractivity contribution in [3.63, 3.8) is 0 Å². The van der Waals surface area contributed by atoms with Crippen LogP contribution in [0.5, 0.6) is 0 Å². The normalized spacial score (nSPS) is 10.7. The van der Waals surface area contributed by atoms with E-state index >= 15 is 0 Å². The fraction of sp³-hybridized carbons (Fsp3) is 0.0667. The van der Waals surface area contributed by atoms with Crippen LogP contribution in [0, 0.1) is 6.92 Å². The van der Waals surface area contributed by atoms with E-state index in [1.54, 1.807) is 29.7 Å². The predicted octanol–water partition coefficient (Wildman–Crippen LogP) is 3.55. The van der Waals surface area contributed by atoms with E-state index in [1.807, 2.05) is 30.3 Å². The molecule has 3 aromatic rings. The minimum atomic E-state index is -0.205. The lowest BCUT2D eigenvalue weighted by molar-refractivity contribution is 0.102. The van der Waals surface area contributed by atoms with E-state index in [0.29, 0.717) is 22.1 Å². The third-order valence-electron chi connectivity index (χ3n) is 3.00. The number of carbonyl (C=O) groups is 1. The van der Waals surface area contributed by atoms with Crippen molar-refractivity contribution in [2.75, 3.05) is 5.32 Å². The summed E-state index contributed by atoms with van der Waals surface area (Å²) in [5.41, 5.74) is 2.60. The molecular weight excluding hydrogens is 274 g/mol. The number of pyridine rings is 1. The maximum Gasteiger partial charge on any atom is 0.274 e. The quantitative estimate of drug-likeness (QED) is 0.783. The SMILES string of the molecule is Cc1nc2ccc(Cl)cn2c1C(=O)Nc1ccccc1. The molecule has 1 N–H and O–H groups in total. The minimum Gasteiger partial charge on any atom is -0.321 e. The molecule has 1 amide bonds. The van der Waals surface area contributed by atoms with Crippen LogP contribution in [-0.4, -0.2) is 15.3 Å². The molecular formula is C15H12ClN3O. The Morgan fingerprint density at radius 2 is 1.95 bits per heavy atom. The van der Waals surface area contributed by atoms with Crippen molar-refractivity contribution >= 4 is 28.8 Å². The number of hydrogen-bond donors (Lipinski definition) is 1. The van der Waals surface area contributed by atoms with Crippen LogP contribution in [0.2, 0.25) is 5.02 Å². The number of benzene rings is 1. The Morgan fingerprint density at radius 3 is 2.70 bits per heavy atom. The van der Waals surface area contributed by atoms with Gasteiger partial charge in [0.05, 0.1) is 10.7 Å². The first-order valence-electron chi connectivity index (χ1n) is 6.16. The number of aromatic nitrogens is 2. The summed E-state index contributed by atoms with van der Waals surface area (Å²) in [6.07, 6.45) is 1.69. The van der Waals surface area contributed by atoms with Crippen LogP contribution in [0.3, 0.4) is 0 Å². The highest BCUT2D eigenvalue weighted by atomic mass is 35.5. The monoisotopic (exact) mass is 285 g/mol. The van der Waals surface area contributed by atoms with E-state index in [-0.39, 0.29) is 5.91 Å². The highest BCUT2D eigenvalue weighted by Gasteiger charge is 2.16. The molecule has 100 valence electrons. The van der Waals surface area contributed by atoms with Gasteiger partial charge in [-0.15, -0.1) is 0 Å². The fourth-order valence-corrected chi connectivity index (χ4v) is 2.28. The Bertz CT molecular complexity index is 780. The van der Waals surface area contributed by atoms with E-state index in [9.17, 15) is 4.79 Å². The second-order valence-electron chi connectivity index (χ2n) is 4.44. The Hall–Kier alpha value is -2.33. The lowest BCUT2D eigenvalue weighted by Gasteiger charge is -2.06.